The number of carbonyl (C=O) groups is 1. The number of benzene rings is 2. The van der Waals surface area contributed by atoms with Crippen molar-refractivity contribution in [2.24, 2.45) is 0 Å². The fourth-order valence-electron chi connectivity index (χ4n) is 2.86. The van der Waals surface area contributed by atoms with E-state index in [0.717, 1.165) is 46.6 Å². The highest BCUT2D eigenvalue weighted by Gasteiger charge is 2.10. The molecule has 2 aromatic carbocycles. The summed E-state index contributed by atoms with van der Waals surface area (Å²) in [5.74, 6) is 0.675. The summed E-state index contributed by atoms with van der Waals surface area (Å²) in [7, 11) is 1.63. The molecule has 3 aromatic rings. The number of aryl methyl sites for hydroxylation is 2. The van der Waals surface area contributed by atoms with Crippen LogP contribution in [0.25, 0.3) is 11.0 Å². The van der Waals surface area contributed by atoms with Crippen LogP contribution in [0.15, 0.2) is 42.5 Å². The van der Waals surface area contributed by atoms with Crippen LogP contribution >= 0.6 is 0 Å². The summed E-state index contributed by atoms with van der Waals surface area (Å²) < 4.78 is 5.14. The van der Waals surface area contributed by atoms with Gasteiger partial charge >= 0.3 is 0 Å². The Balaban J connectivity index is 1.77. The van der Waals surface area contributed by atoms with Gasteiger partial charge in [-0.25, -0.2) is 9.97 Å². The highest BCUT2D eigenvalue weighted by Crippen LogP contribution is 2.17. The normalized spacial score (nSPS) is 10.7. The molecule has 0 aliphatic rings. The summed E-state index contributed by atoms with van der Waals surface area (Å²) >= 11 is 0. The molecule has 134 valence electrons. The Bertz CT molecular complexity index is 920. The Morgan fingerprint density at radius 3 is 2.23 bits per heavy atom. The van der Waals surface area contributed by atoms with Gasteiger partial charge in [-0.1, -0.05) is 26.0 Å². The first-order valence-corrected chi connectivity index (χ1v) is 8.85. The standard InChI is InChI=1S/C21H23N3O2/c1-4-17-18(5-2)24-20-12-15(8-11-19(20)23-17)21(25)22-13-14-6-9-16(26-3)10-7-14/h6-12H,4-5,13H2,1-3H3,(H,22,25). The first-order chi connectivity index (χ1) is 12.6. The molecule has 0 unspecified atom stereocenters. The van der Waals surface area contributed by atoms with Gasteiger partial charge in [-0.15, -0.1) is 0 Å². The fourth-order valence-corrected chi connectivity index (χ4v) is 2.86. The second-order valence-electron chi connectivity index (χ2n) is 6.06. The minimum Gasteiger partial charge on any atom is -0.497 e. The molecule has 0 aliphatic carbocycles. The Hall–Kier alpha value is -2.95. The van der Waals surface area contributed by atoms with Gasteiger partial charge in [0.15, 0.2) is 0 Å². The number of fused-ring (bicyclic) bond motifs is 1. The summed E-state index contributed by atoms with van der Waals surface area (Å²) in [5.41, 5.74) is 5.21. The van der Waals surface area contributed by atoms with Gasteiger partial charge in [0.2, 0.25) is 0 Å². The lowest BCUT2D eigenvalue weighted by molar-refractivity contribution is 0.0951. The Morgan fingerprint density at radius 1 is 0.962 bits per heavy atom. The van der Waals surface area contributed by atoms with E-state index in [-0.39, 0.29) is 5.91 Å². The zero-order chi connectivity index (χ0) is 18.5. The van der Waals surface area contributed by atoms with Crippen molar-refractivity contribution in [1.82, 2.24) is 15.3 Å². The number of hydrogen-bond donors (Lipinski definition) is 1. The largest absolute Gasteiger partial charge is 0.497 e. The molecule has 1 heterocycles. The van der Waals surface area contributed by atoms with Gasteiger partial charge in [-0.3, -0.25) is 4.79 Å². The monoisotopic (exact) mass is 349 g/mol. The van der Waals surface area contributed by atoms with Gasteiger partial charge in [-0.2, -0.15) is 0 Å². The molecule has 1 amide bonds. The third-order valence-electron chi connectivity index (χ3n) is 4.36. The van der Waals surface area contributed by atoms with Crippen LogP contribution in [0.4, 0.5) is 0 Å². The zero-order valence-electron chi connectivity index (χ0n) is 15.4. The van der Waals surface area contributed by atoms with Crippen LogP contribution in [0.5, 0.6) is 5.75 Å². The predicted molar refractivity (Wildman–Crippen MR) is 102 cm³/mol. The maximum Gasteiger partial charge on any atom is 0.251 e. The van der Waals surface area contributed by atoms with Crippen LogP contribution in [0.1, 0.15) is 41.2 Å². The van der Waals surface area contributed by atoms with E-state index in [9.17, 15) is 4.79 Å². The number of hydrogen-bond acceptors (Lipinski definition) is 4. The fraction of sp³-hybridized carbons (Fsp3) is 0.286. The van der Waals surface area contributed by atoms with Crippen molar-refractivity contribution >= 4 is 16.9 Å². The van der Waals surface area contributed by atoms with Gasteiger partial charge in [0.25, 0.3) is 5.91 Å². The second-order valence-corrected chi connectivity index (χ2v) is 6.06. The maximum atomic E-state index is 12.5. The lowest BCUT2D eigenvalue weighted by Gasteiger charge is -2.09. The molecule has 26 heavy (non-hydrogen) atoms. The lowest BCUT2D eigenvalue weighted by Crippen LogP contribution is -2.22. The Morgan fingerprint density at radius 2 is 1.62 bits per heavy atom. The highest BCUT2D eigenvalue weighted by atomic mass is 16.5. The molecule has 0 saturated carbocycles. The van der Waals surface area contributed by atoms with Crippen molar-refractivity contribution in [2.75, 3.05) is 7.11 Å². The molecule has 0 bridgehead atoms. The van der Waals surface area contributed by atoms with Gasteiger partial charge in [0.05, 0.1) is 29.5 Å². The third kappa shape index (κ3) is 3.82. The predicted octanol–water partition coefficient (Wildman–Crippen LogP) is 3.69. The van der Waals surface area contributed by atoms with Gasteiger partial charge in [0, 0.05) is 12.1 Å². The van der Waals surface area contributed by atoms with Crippen LogP contribution < -0.4 is 10.1 Å². The van der Waals surface area contributed by atoms with Gasteiger partial charge in [-0.05, 0) is 48.7 Å². The zero-order valence-corrected chi connectivity index (χ0v) is 15.4. The quantitative estimate of drug-likeness (QED) is 0.737. The summed E-state index contributed by atoms with van der Waals surface area (Å²) in [4.78, 5) is 21.8. The molecule has 5 nitrogen and oxygen atoms in total. The van der Waals surface area contributed by atoms with E-state index in [0.29, 0.717) is 12.1 Å². The van der Waals surface area contributed by atoms with E-state index in [4.69, 9.17) is 4.74 Å². The molecule has 0 radical (unpaired) electrons. The number of carbonyl (C=O) groups excluding carboxylic acids is 1. The molecule has 1 aromatic heterocycles. The summed E-state index contributed by atoms with van der Waals surface area (Å²) in [5, 5.41) is 2.94. The van der Waals surface area contributed by atoms with Crippen molar-refractivity contribution in [2.45, 2.75) is 33.2 Å². The topological polar surface area (TPSA) is 64.1 Å². The molecular formula is C21H23N3O2. The first-order valence-electron chi connectivity index (χ1n) is 8.85. The van der Waals surface area contributed by atoms with Crippen LogP contribution in [-0.2, 0) is 19.4 Å². The van der Waals surface area contributed by atoms with Crippen LogP contribution in [0, 0.1) is 0 Å². The number of nitrogens with zero attached hydrogens (tertiary/aromatic N) is 2. The number of amides is 1. The van der Waals surface area contributed by atoms with E-state index in [1.54, 1.807) is 13.2 Å². The lowest BCUT2D eigenvalue weighted by atomic mass is 10.1. The third-order valence-corrected chi connectivity index (χ3v) is 4.36. The summed E-state index contributed by atoms with van der Waals surface area (Å²) in [6.45, 7) is 4.61. The van der Waals surface area contributed by atoms with Gasteiger partial charge in [0.1, 0.15) is 5.75 Å². The molecule has 0 saturated heterocycles. The molecule has 1 N–H and O–H groups in total. The Labute approximate surface area is 153 Å². The average molecular weight is 349 g/mol. The first kappa shape index (κ1) is 17.9. The van der Waals surface area contributed by atoms with Crippen molar-refractivity contribution in [3.05, 3.63) is 65.0 Å². The number of rotatable bonds is 6. The number of methoxy groups -OCH3 is 1. The minimum atomic E-state index is -0.123. The second kappa shape index (κ2) is 7.95. The molecular weight excluding hydrogens is 326 g/mol. The molecule has 0 aliphatic heterocycles. The number of aromatic nitrogens is 2. The SMILES string of the molecule is CCc1nc2ccc(C(=O)NCc3ccc(OC)cc3)cc2nc1CC. The van der Waals surface area contributed by atoms with E-state index in [1.165, 1.54) is 0 Å². The average Bonchev–Trinajstić information content (AvgIpc) is 2.70. The van der Waals surface area contributed by atoms with Crippen LogP contribution in [0.2, 0.25) is 0 Å². The van der Waals surface area contributed by atoms with Crippen molar-refractivity contribution in [3.63, 3.8) is 0 Å². The van der Waals surface area contributed by atoms with E-state index < -0.39 is 0 Å². The van der Waals surface area contributed by atoms with Crippen molar-refractivity contribution in [1.29, 1.82) is 0 Å². The van der Waals surface area contributed by atoms with Crippen LogP contribution in [0.3, 0.4) is 0 Å². The molecule has 0 spiro atoms. The maximum absolute atomic E-state index is 12.5. The van der Waals surface area contributed by atoms with E-state index in [1.807, 2.05) is 36.4 Å². The van der Waals surface area contributed by atoms with E-state index >= 15 is 0 Å². The summed E-state index contributed by atoms with van der Waals surface area (Å²) in [6.07, 6.45) is 1.69. The van der Waals surface area contributed by atoms with Crippen LogP contribution in [-0.4, -0.2) is 23.0 Å². The smallest absolute Gasteiger partial charge is 0.251 e. The highest BCUT2D eigenvalue weighted by molar-refractivity contribution is 5.97. The minimum absolute atomic E-state index is 0.123. The molecule has 3 rings (SSSR count). The molecule has 5 heteroatoms. The van der Waals surface area contributed by atoms with E-state index in [2.05, 4.69) is 29.1 Å². The van der Waals surface area contributed by atoms with Gasteiger partial charge < -0.3 is 10.1 Å². The summed E-state index contributed by atoms with van der Waals surface area (Å²) in [6, 6.07) is 13.1. The Kier molecular flexibility index (Phi) is 5.46. The number of ether oxygens (including phenoxy) is 1. The molecule has 0 atom stereocenters. The molecule has 0 fully saturated rings. The number of nitrogens with one attached hydrogen (secondary N) is 1. The van der Waals surface area contributed by atoms with Crippen molar-refractivity contribution < 1.29 is 9.53 Å². The van der Waals surface area contributed by atoms with Crippen molar-refractivity contribution in [3.8, 4) is 5.75 Å².